The molecule has 0 aliphatic carbocycles. The van der Waals surface area contributed by atoms with Crippen molar-refractivity contribution in [2.75, 3.05) is 18.0 Å². The summed E-state index contributed by atoms with van der Waals surface area (Å²) in [5.41, 5.74) is 0.742. The molecule has 23 heavy (non-hydrogen) atoms. The minimum atomic E-state index is -0.00381. The fourth-order valence-electron chi connectivity index (χ4n) is 3.14. The lowest BCUT2D eigenvalue weighted by Gasteiger charge is -2.20. The van der Waals surface area contributed by atoms with Crippen LogP contribution in [0.2, 0.25) is 0 Å². The van der Waals surface area contributed by atoms with E-state index in [9.17, 15) is 4.79 Å². The van der Waals surface area contributed by atoms with Gasteiger partial charge < -0.3 is 4.90 Å². The molecule has 4 rings (SSSR count). The van der Waals surface area contributed by atoms with E-state index in [0.717, 1.165) is 35.4 Å². The van der Waals surface area contributed by atoms with Crippen LogP contribution in [0.5, 0.6) is 0 Å². The lowest BCUT2D eigenvalue weighted by atomic mass is 10.2. The smallest absolute Gasteiger partial charge is 0.262 e. The quantitative estimate of drug-likeness (QED) is 0.691. The molecule has 0 bridgehead atoms. The molecule has 1 atom stereocenters. The van der Waals surface area contributed by atoms with Crippen LogP contribution in [0.25, 0.3) is 10.9 Å². The van der Waals surface area contributed by atoms with Crippen LogP contribution in [-0.2, 0) is 7.05 Å². The Morgan fingerprint density at radius 1 is 1.30 bits per heavy atom. The summed E-state index contributed by atoms with van der Waals surface area (Å²) in [6.45, 7) is 1.66. The van der Waals surface area contributed by atoms with Crippen molar-refractivity contribution in [1.82, 2.24) is 19.3 Å². The van der Waals surface area contributed by atoms with Crippen molar-refractivity contribution < 1.29 is 0 Å². The number of nitrogens with zero attached hydrogens (tertiary/aromatic N) is 5. The molecule has 118 valence electrons. The van der Waals surface area contributed by atoms with E-state index in [1.54, 1.807) is 17.8 Å². The third-order valence-corrected chi connectivity index (χ3v) is 4.76. The molecule has 3 aromatic rings. The van der Waals surface area contributed by atoms with Crippen LogP contribution in [0, 0.1) is 0 Å². The van der Waals surface area contributed by atoms with E-state index in [2.05, 4.69) is 25.9 Å². The van der Waals surface area contributed by atoms with E-state index in [1.165, 1.54) is 0 Å². The third kappa shape index (κ3) is 2.45. The van der Waals surface area contributed by atoms with Crippen molar-refractivity contribution in [3.63, 3.8) is 0 Å². The van der Waals surface area contributed by atoms with Gasteiger partial charge in [-0.25, -0.2) is 4.98 Å². The second-order valence-corrected chi connectivity index (χ2v) is 6.74. The first-order valence-corrected chi connectivity index (χ1v) is 8.33. The molecule has 1 aliphatic heterocycles. The van der Waals surface area contributed by atoms with E-state index in [-0.39, 0.29) is 5.56 Å². The summed E-state index contributed by atoms with van der Waals surface area (Å²) < 4.78 is 4.60. The molecule has 1 fully saturated rings. The number of benzene rings is 1. The first-order valence-electron chi connectivity index (χ1n) is 7.54. The van der Waals surface area contributed by atoms with Crippen molar-refractivity contribution in [3.05, 3.63) is 51.5 Å². The summed E-state index contributed by atoms with van der Waals surface area (Å²) in [7, 11) is 1.79. The van der Waals surface area contributed by atoms with Crippen LogP contribution in [0.4, 0.5) is 5.95 Å². The van der Waals surface area contributed by atoms with Gasteiger partial charge in [0.1, 0.15) is 0 Å². The van der Waals surface area contributed by atoms with Crippen LogP contribution in [0.1, 0.15) is 12.5 Å². The maximum Gasteiger partial charge on any atom is 0.262 e. The number of anilines is 1. The minimum Gasteiger partial charge on any atom is -0.340 e. The SMILES string of the molecule is Cn1c(N2CCC(n3cc(Br)cn3)C2)nc2ccccc2c1=O. The van der Waals surface area contributed by atoms with Gasteiger partial charge in [-0.3, -0.25) is 14.0 Å². The molecule has 6 nitrogen and oxygen atoms in total. The van der Waals surface area contributed by atoms with Crippen LogP contribution in [0.15, 0.2) is 45.9 Å². The second kappa shape index (κ2) is 5.49. The molecule has 1 aliphatic rings. The Balaban J connectivity index is 1.70. The zero-order chi connectivity index (χ0) is 16.0. The fraction of sp³-hybridized carbons (Fsp3) is 0.312. The standard InChI is InChI=1S/C16H16BrN5O/c1-20-15(23)13-4-2-3-5-14(13)19-16(20)21-7-6-12(10-21)22-9-11(17)8-18-22/h2-5,8-9,12H,6-7,10H2,1H3. The first kappa shape index (κ1) is 14.4. The zero-order valence-electron chi connectivity index (χ0n) is 12.7. The Bertz CT molecular complexity index is 932. The summed E-state index contributed by atoms with van der Waals surface area (Å²) in [6, 6.07) is 7.78. The maximum absolute atomic E-state index is 12.5. The van der Waals surface area contributed by atoms with Gasteiger partial charge in [-0.2, -0.15) is 5.10 Å². The molecule has 2 aromatic heterocycles. The van der Waals surface area contributed by atoms with Gasteiger partial charge in [-0.15, -0.1) is 0 Å². The number of rotatable bonds is 2. The van der Waals surface area contributed by atoms with E-state index < -0.39 is 0 Å². The predicted octanol–water partition coefficient (Wildman–Crippen LogP) is 2.34. The number of halogens is 1. The summed E-state index contributed by atoms with van der Waals surface area (Å²) in [5, 5.41) is 5.03. The Morgan fingerprint density at radius 3 is 2.91 bits per heavy atom. The number of hydrogen-bond donors (Lipinski definition) is 0. The molecule has 1 unspecified atom stereocenters. The van der Waals surface area contributed by atoms with Crippen molar-refractivity contribution in [1.29, 1.82) is 0 Å². The zero-order valence-corrected chi connectivity index (χ0v) is 14.3. The molecule has 1 saturated heterocycles. The van der Waals surface area contributed by atoms with Crippen molar-refractivity contribution in [2.45, 2.75) is 12.5 Å². The van der Waals surface area contributed by atoms with Gasteiger partial charge >= 0.3 is 0 Å². The lowest BCUT2D eigenvalue weighted by Crippen LogP contribution is -2.30. The summed E-state index contributed by atoms with van der Waals surface area (Å²) in [5.74, 6) is 0.724. The highest BCUT2D eigenvalue weighted by Gasteiger charge is 2.27. The molecule has 0 radical (unpaired) electrons. The topological polar surface area (TPSA) is 56.0 Å². The van der Waals surface area contributed by atoms with Crippen LogP contribution in [0.3, 0.4) is 0 Å². The summed E-state index contributed by atoms with van der Waals surface area (Å²) in [4.78, 5) is 19.4. The molecule has 7 heteroatoms. The first-order chi connectivity index (χ1) is 11.1. The van der Waals surface area contributed by atoms with Crippen LogP contribution >= 0.6 is 15.9 Å². The van der Waals surface area contributed by atoms with Crippen LogP contribution < -0.4 is 10.5 Å². The molecule has 0 amide bonds. The Morgan fingerprint density at radius 2 is 2.13 bits per heavy atom. The van der Waals surface area contributed by atoms with E-state index in [4.69, 9.17) is 4.98 Å². The van der Waals surface area contributed by atoms with Gasteiger partial charge in [0.2, 0.25) is 5.95 Å². The monoisotopic (exact) mass is 373 g/mol. The molecule has 0 N–H and O–H groups in total. The van der Waals surface area contributed by atoms with E-state index >= 15 is 0 Å². The number of hydrogen-bond acceptors (Lipinski definition) is 4. The Labute approximate surface area is 141 Å². The normalized spacial score (nSPS) is 18.0. The van der Waals surface area contributed by atoms with Crippen LogP contribution in [-0.4, -0.2) is 32.4 Å². The van der Waals surface area contributed by atoms with E-state index in [1.807, 2.05) is 35.1 Å². The van der Waals surface area contributed by atoms with Gasteiger partial charge in [0, 0.05) is 26.3 Å². The highest BCUT2D eigenvalue weighted by atomic mass is 79.9. The number of para-hydroxylation sites is 1. The van der Waals surface area contributed by atoms with E-state index in [0.29, 0.717) is 11.4 Å². The van der Waals surface area contributed by atoms with Gasteiger partial charge in [0.05, 0.1) is 27.6 Å². The maximum atomic E-state index is 12.5. The lowest BCUT2D eigenvalue weighted by molar-refractivity contribution is 0.493. The Kier molecular flexibility index (Phi) is 3.45. The van der Waals surface area contributed by atoms with Gasteiger partial charge in [0.15, 0.2) is 0 Å². The molecule has 0 saturated carbocycles. The molecular formula is C16H16BrN5O. The van der Waals surface area contributed by atoms with Gasteiger partial charge in [-0.1, -0.05) is 12.1 Å². The average Bonchev–Trinajstić information content (AvgIpc) is 3.20. The third-order valence-electron chi connectivity index (χ3n) is 4.35. The molecular weight excluding hydrogens is 358 g/mol. The average molecular weight is 374 g/mol. The summed E-state index contributed by atoms with van der Waals surface area (Å²) >= 11 is 3.43. The molecule has 3 heterocycles. The highest BCUT2D eigenvalue weighted by Crippen LogP contribution is 2.26. The van der Waals surface area contributed by atoms with Crippen molar-refractivity contribution in [2.24, 2.45) is 7.05 Å². The van der Waals surface area contributed by atoms with Crippen molar-refractivity contribution in [3.8, 4) is 0 Å². The molecule has 1 aromatic carbocycles. The van der Waals surface area contributed by atoms with Gasteiger partial charge in [0.25, 0.3) is 5.56 Å². The molecule has 0 spiro atoms. The van der Waals surface area contributed by atoms with Gasteiger partial charge in [-0.05, 0) is 34.5 Å². The largest absolute Gasteiger partial charge is 0.340 e. The predicted molar refractivity (Wildman–Crippen MR) is 92.8 cm³/mol. The number of aromatic nitrogens is 4. The Hall–Kier alpha value is -2.15. The second-order valence-electron chi connectivity index (χ2n) is 5.82. The van der Waals surface area contributed by atoms with Crippen molar-refractivity contribution >= 4 is 32.8 Å². The number of fused-ring (bicyclic) bond motifs is 1. The summed E-state index contributed by atoms with van der Waals surface area (Å²) in [6.07, 6.45) is 4.77. The highest BCUT2D eigenvalue weighted by molar-refractivity contribution is 9.10. The minimum absolute atomic E-state index is 0.00381. The fourth-order valence-corrected chi connectivity index (χ4v) is 3.44.